The number of benzene rings is 2. The SMILES string of the molecule is CC(=O)c1ccc(NS(=O)(=O)c2ccc(N)c(Br)c2)cc1. The van der Waals surface area contributed by atoms with Crippen molar-refractivity contribution in [2.45, 2.75) is 11.8 Å². The number of sulfonamides is 1. The van der Waals surface area contributed by atoms with Crippen LogP contribution in [0.1, 0.15) is 17.3 Å². The number of ketones is 1. The molecule has 2 aromatic rings. The monoisotopic (exact) mass is 368 g/mol. The maximum absolute atomic E-state index is 12.2. The Labute approximate surface area is 131 Å². The van der Waals surface area contributed by atoms with Crippen molar-refractivity contribution < 1.29 is 13.2 Å². The third-order valence-corrected chi connectivity index (χ3v) is 4.89. The number of nitrogen functional groups attached to an aromatic ring is 1. The molecular weight excluding hydrogens is 356 g/mol. The summed E-state index contributed by atoms with van der Waals surface area (Å²) in [5.74, 6) is -0.0770. The molecule has 0 spiro atoms. The van der Waals surface area contributed by atoms with E-state index in [0.29, 0.717) is 21.4 Å². The van der Waals surface area contributed by atoms with Crippen LogP contribution in [0.25, 0.3) is 0 Å². The summed E-state index contributed by atoms with van der Waals surface area (Å²) in [6.07, 6.45) is 0. The molecule has 0 saturated carbocycles. The summed E-state index contributed by atoms with van der Waals surface area (Å²) in [5, 5.41) is 0. The molecule has 21 heavy (non-hydrogen) atoms. The zero-order chi connectivity index (χ0) is 15.6. The number of Topliss-reactive ketones (excluding diaryl/α,β-unsaturated/α-hetero) is 1. The fraction of sp³-hybridized carbons (Fsp3) is 0.0714. The van der Waals surface area contributed by atoms with E-state index in [1.165, 1.54) is 25.1 Å². The summed E-state index contributed by atoms with van der Waals surface area (Å²) < 4.78 is 27.4. The van der Waals surface area contributed by atoms with Gasteiger partial charge in [-0.3, -0.25) is 9.52 Å². The van der Waals surface area contributed by atoms with E-state index in [1.54, 1.807) is 24.3 Å². The number of rotatable bonds is 4. The molecule has 0 aromatic heterocycles. The average molecular weight is 369 g/mol. The topological polar surface area (TPSA) is 89.3 Å². The Morgan fingerprint density at radius 1 is 1.14 bits per heavy atom. The van der Waals surface area contributed by atoms with Crippen LogP contribution in [0.15, 0.2) is 51.8 Å². The lowest BCUT2D eigenvalue weighted by atomic mass is 10.1. The number of nitrogens with two attached hydrogens (primary N) is 1. The molecule has 7 heteroatoms. The number of halogens is 1. The van der Waals surface area contributed by atoms with Crippen molar-refractivity contribution in [2.24, 2.45) is 0 Å². The summed E-state index contributed by atoms with van der Waals surface area (Å²) in [4.78, 5) is 11.3. The van der Waals surface area contributed by atoms with Gasteiger partial charge in [0.1, 0.15) is 0 Å². The predicted octanol–water partition coefficient (Wildman–Crippen LogP) is 3.03. The summed E-state index contributed by atoms with van der Waals surface area (Å²) in [6, 6.07) is 10.6. The van der Waals surface area contributed by atoms with E-state index >= 15 is 0 Å². The fourth-order valence-electron chi connectivity index (χ4n) is 1.66. The molecule has 0 atom stereocenters. The summed E-state index contributed by atoms with van der Waals surface area (Å²) in [5.41, 5.74) is 7.00. The third-order valence-electron chi connectivity index (χ3n) is 2.83. The molecular formula is C14H13BrN2O3S. The fourth-order valence-corrected chi connectivity index (χ4v) is 3.28. The second kappa shape index (κ2) is 5.87. The van der Waals surface area contributed by atoms with Crippen LogP contribution in [0, 0.1) is 0 Å². The van der Waals surface area contributed by atoms with E-state index < -0.39 is 10.0 Å². The third kappa shape index (κ3) is 3.62. The van der Waals surface area contributed by atoms with Gasteiger partial charge in [0.15, 0.2) is 5.78 Å². The molecule has 0 heterocycles. The molecule has 0 aliphatic carbocycles. The van der Waals surface area contributed by atoms with Crippen molar-refractivity contribution >= 4 is 43.1 Å². The van der Waals surface area contributed by atoms with E-state index in [2.05, 4.69) is 20.7 Å². The van der Waals surface area contributed by atoms with Gasteiger partial charge in [0.05, 0.1) is 4.90 Å². The molecule has 0 radical (unpaired) electrons. The van der Waals surface area contributed by atoms with E-state index in [-0.39, 0.29) is 10.7 Å². The van der Waals surface area contributed by atoms with Gasteiger partial charge < -0.3 is 5.73 Å². The number of carbonyl (C=O) groups is 1. The molecule has 0 amide bonds. The Bertz CT molecular complexity index is 786. The average Bonchev–Trinajstić information content (AvgIpc) is 2.42. The normalized spacial score (nSPS) is 11.1. The predicted molar refractivity (Wildman–Crippen MR) is 85.8 cm³/mol. The molecule has 5 nitrogen and oxygen atoms in total. The lowest BCUT2D eigenvalue weighted by Gasteiger charge is -2.09. The van der Waals surface area contributed by atoms with E-state index in [4.69, 9.17) is 5.73 Å². The second-order valence-corrected chi connectivity index (χ2v) is 6.96. The Morgan fingerprint density at radius 2 is 1.76 bits per heavy atom. The molecule has 0 bridgehead atoms. The van der Waals surface area contributed by atoms with Gasteiger partial charge in [0.2, 0.25) is 0 Å². The molecule has 0 aliphatic rings. The maximum atomic E-state index is 12.2. The first-order chi connectivity index (χ1) is 9.79. The number of carbonyl (C=O) groups excluding carboxylic acids is 1. The molecule has 0 unspecified atom stereocenters. The summed E-state index contributed by atoms with van der Waals surface area (Å²) in [7, 11) is -3.71. The quantitative estimate of drug-likeness (QED) is 0.640. The molecule has 2 aromatic carbocycles. The highest BCUT2D eigenvalue weighted by Gasteiger charge is 2.15. The highest BCUT2D eigenvalue weighted by Crippen LogP contribution is 2.24. The molecule has 0 fully saturated rings. The Morgan fingerprint density at radius 3 is 2.29 bits per heavy atom. The van der Waals surface area contributed by atoms with Gasteiger partial charge in [-0.2, -0.15) is 0 Å². The van der Waals surface area contributed by atoms with Crippen molar-refractivity contribution in [1.29, 1.82) is 0 Å². The van der Waals surface area contributed by atoms with Gasteiger partial charge in [0.25, 0.3) is 10.0 Å². The minimum absolute atomic E-state index is 0.0770. The second-order valence-electron chi connectivity index (χ2n) is 4.42. The maximum Gasteiger partial charge on any atom is 0.261 e. The molecule has 0 aliphatic heterocycles. The number of hydrogen-bond acceptors (Lipinski definition) is 4. The first-order valence-electron chi connectivity index (χ1n) is 5.98. The van der Waals surface area contributed by atoms with Crippen LogP contribution in [0.2, 0.25) is 0 Å². The molecule has 110 valence electrons. The Kier molecular flexibility index (Phi) is 4.34. The highest BCUT2D eigenvalue weighted by molar-refractivity contribution is 9.10. The van der Waals surface area contributed by atoms with Crippen LogP contribution in [-0.2, 0) is 10.0 Å². The minimum Gasteiger partial charge on any atom is -0.398 e. The number of anilines is 2. The van der Waals surface area contributed by atoms with Crippen LogP contribution < -0.4 is 10.5 Å². The highest BCUT2D eigenvalue weighted by atomic mass is 79.9. The molecule has 0 saturated heterocycles. The van der Waals surface area contributed by atoms with Crippen LogP contribution in [0.3, 0.4) is 0 Å². The van der Waals surface area contributed by atoms with Crippen molar-refractivity contribution in [3.05, 3.63) is 52.5 Å². The molecule has 3 N–H and O–H groups in total. The summed E-state index contributed by atoms with van der Waals surface area (Å²) in [6.45, 7) is 1.45. The van der Waals surface area contributed by atoms with Gasteiger partial charge in [-0.1, -0.05) is 0 Å². The van der Waals surface area contributed by atoms with Crippen molar-refractivity contribution in [3.63, 3.8) is 0 Å². The number of nitrogens with one attached hydrogen (secondary N) is 1. The van der Waals surface area contributed by atoms with E-state index in [1.807, 2.05) is 0 Å². The number of hydrogen-bond donors (Lipinski definition) is 2. The zero-order valence-corrected chi connectivity index (χ0v) is 13.5. The van der Waals surface area contributed by atoms with Crippen molar-refractivity contribution in [3.8, 4) is 0 Å². The zero-order valence-electron chi connectivity index (χ0n) is 11.1. The Balaban J connectivity index is 2.28. The van der Waals surface area contributed by atoms with Crippen LogP contribution >= 0.6 is 15.9 Å². The Hall–Kier alpha value is -1.86. The first-order valence-corrected chi connectivity index (χ1v) is 8.26. The smallest absolute Gasteiger partial charge is 0.261 e. The van der Waals surface area contributed by atoms with E-state index in [9.17, 15) is 13.2 Å². The largest absolute Gasteiger partial charge is 0.398 e. The first kappa shape index (κ1) is 15.5. The van der Waals surface area contributed by atoms with Crippen LogP contribution in [0.4, 0.5) is 11.4 Å². The van der Waals surface area contributed by atoms with E-state index in [0.717, 1.165) is 0 Å². The summed E-state index contributed by atoms with van der Waals surface area (Å²) >= 11 is 3.19. The van der Waals surface area contributed by atoms with Crippen molar-refractivity contribution in [2.75, 3.05) is 10.5 Å². The molecule has 2 rings (SSSR count). The van der Waals surface area contributed by atoms with Gasteiger partial charge in [0, 0.05) is 21.4 Å². The lowest BCUT2D eigenvalue weighted by molar-refractivity contribution is 0.101. The van der Waals surface area contributed by atoms with Crippen LogP contribution in [0.5, 0.6) is 0 Å². The van der Waals surface area contributed by atoms with Gasteiger partial charge in [-0.05, 0) is 65.3 Å². The lowest BCUT2D eigenvalue weighted by Crippen LogP contribution is -2.13. The van der Waals surface area contributed by atoms with Gasteiger partial charge >= 0.3 is 0 Å². The standard InChI is InChI=1S/C14H13BrN2O3S/c1-9(18)10-2-4-11(5-3-10)17-21(19,20)12-6-7-14(16)13(15)8-12/h2-8,17H,16H2,1H3. The van der Waals surface area contributed by atoms with Gasteiger partial charge in [-0.15, -0.1) is 0 Å². The van der Waals surface area contributed by atoms with Crippen LogP contribution in [-0.4, -0.2) is 14.2 Å². The van der Waals surface area contributed by atoms with Gasteiger partial charge in [-0.25, -0.2) is 8.42 Å². The minimum atomic E-state index is -3.71. The van der Waals surface area contributed by atoms with Crippen molar-refractivity contribution in [1.82, 2.24) is 0 Å².